The molecule has 0 radical (unpaired) electrons. The van der Waals surface area contributed by atoms with Gasteiger partial charge in [0.15, 0.2) is 0 Å². The van der Waals surface area contributed by atoms with E-state index in [9.17, 15) is 22.8 Å². The molecule has 0 fully saturated rings. The molecule has 0 saturated carbocycles. The van der Waals surface area contributed by atoms with Crippen molar-refractivity contribution in [2.75, 3.05) is 20.8 Å². The molecule has 0 saturated heterocycles. The van der Waals surface area contributed by atoms with Gasteiger partial charge in [0.25, 0.3) is 5.91 Å². The third-order valence-electron chi connectivity index (χ3n) is 3.16. The Hall–Kier alpha value is -2.75. The van der Waals surface area contributed by atoms with Gasteiger partial charge in [-0.2, -0.15) is 18.2 Å². The number of ether oxygens (including phenoxy) is 1. The fourth-order valence-electron chi connectivity index (χ4n) is 1.97. The average Bonchev–Trinajstić information content (AvgIpc) is 3.05. The standard InChI is InChI=1S/C15H14F3N3O4/c1-21(13(23)11(22)8-24-2)7-9-3-5-10(6-4-9)12-19-14(25-20-12)15(16,17)18/h3-6H,7-8H2,1-2H3. The van der Waals surface area contributed by atoms with Crippen LogP contribution in [0.2, 0.25) is 0 Å². The molecule has 0 bridgehead atoms. The first-order chi connectivity index (χ1) is 11.7. The van der Waals surface area contributed by atoms with E-state index in [-0.39, 0.29) is 19.0 Å². The molecule has 134 valence electrons. The van der Waals surface area contributed by atoms with E-state index >= 15 is 0 Å². The number of carbonyl (C=O) groups excluding carboxylic acids is 2. The van der Waals surface area contributed by atoms with Crippen LogP contribution < -0.4 is 0 Å². The van der Waals surface area contributed by atoms with Crippen molar-refractivity contribution in [1.29, 1.82) is 0 Å². The fraction of sp³-hybridized carbons (Fsp3) is 0.333. The SMILES string of the molecule is COCC(=O)C(=O)N(C)Cc1ccc(-c2noc(C(F)(F)F)n2)cc1. The van der Waals surface area contributed by atoms with Gasteiger partial charge in [-0.15, -0.1) is 0 Å². The molecule has 0 N–H and O–H groups in total. The van der Waals surface area contributed by atoms with Crippen LogP contribution in [0.5, 0.6) is 0 Å². The smallest absolute Gasteiger partial charge is 0.376 e. The lowest BCUT2D eigenvalue weighted by atomic mass is 10.1. The van der Waals surface area contributed by atoms with Crippen LogP contribution in [0, 0.1) is 0 Å². The molecule has 0 unspecified atom stereocenters. The van der Waals surface area contributed by atoms with Crippen molar-refractivity contribution >= 4 is 11.7 Å². The maximum absolute atomic E-state index is 12.5. The van der Waals surface area contributed by atoms with Crippen molar-refractivity contribution in [3.05, 3.63) is 35.7 Å². The lowest BCUT2D eigenvalue weighted by Crippen LogP contribution is -2.34. The second-order valence-electron chi connectivity index (χ2n) is 5.14. The predicted molar refractivity (Wildman–Crippen MR) is 78.1 cm³/mol. The van der Waals surface area contributed by atoms with Crippen molar-refractivity contribution in [1.82, 2.24) is 15.0 Å². The Labute approximate surface area is 140 Å². The lowest BCUT2D eigenvalue weighted by molar-refractivity contribution is -0.159. The molecule has 1 aromatic heterocycles. The summed E-state index contributed by atoms with van der Waals surface area (Å²) in [5.41, 5.74) is 0.997. The van der Waals surface area contributed by atoms with Crippen molar-refractivity contribution in [3.8, 4) is 11.4 Å². The van der Waals surface area contributed by atoms with Crippen molar-refractivity contribution < 1.29 is 32.0 Å². The highest BCUT2D eigenvalue weighted by atomic mass is 19.4. The number of carbonyl (C=O) groups is 2. The summed E-state index contributed by atoms with van der Waals surface area (Å²) in [5, 5.41) is 3.29. The molecular weight excluding hydrogens is 343 g/mol. The summed E-state index contributed by atoms with van der Waals surface area (Å²) in [6, 6.07) is 6.17. The van der Waals surface area contributed by atoms with Crippen LogP contribution in [-0.2, 0) is 27.0 Å². The third kappa shape index (κ3) is 4.63. The van der Waals surface area contributed by atoms with Crippen LogP contribution in [0.25, 0.3) is 11.4 Å². The van der Waals surface area contributed by atoms with Crippen molar-refractivity contribution in [2.24, 2.45) is 0 Å². The number of benzene rings is 1. The predicted octanol–water partition coefficient (Wildman–Crippen LogP) is 1.93. The number of likely N-dealkylation sites (N-methyl/N-ethyl adjacent to an activating group) is 1. The number of hydrogen-bond donors (Lipinski definition) is 0. The quantitative estimate of drug-likeness (QED) is 0.735. The number of amides is 1. The van der Waals surface area contributed by atoms with E-state index < -0.39 is 23.8 Å². The van der Waals surface area contributed by atoms with Crippen LogP contribution in [0.1, 0.15) is 11.5 Å². The minimum absolute atomic E-state index is 0.147. The number of alkyl halides is 3. The largest absolute Gasteiger partial charge is 0.471 e. The minimum Gasteiger partial charge on any atom is -0.376 e. The second kappa shape index (κ2) is 7.43. The van der Waals surface area contributed by atoms with Gasteiger partial charge in [0, 0.05) is 26.3 Å². The van der Waals surface area contributed by atoms with Gasteiger partial charge in [-0.05, 0) is 5.56 Å². The molecule has 1 amide bonds. The van der Waals surface area contributed by atoms with Crippen LogP contribution >= 0.6 is 0 Å². The normalized spacial score (nSPS) is 11.4. The Morgan fingerprint density at radius 2 is 1.88 bits per heavy atom. The van der Waals surface area contributed by atoms with Gasteiger partial charge < -0.3 is 14.2 Å². The Kier molecular flexibility index (Phi) is 5.52. The molecule has 10 heteroatoms. The molecule has 0 aliphatic heterocycles. The van der Waals surface area contributed by atoms with Crippen LogP contribution in [0.3, 0.4) is 0 Å². The highest BCUT2D eigenvalue weighted by Gasteiger charge is 2.38. The van der Waals surface area contributed by atoms with Gasteiger partial charge in [0.1, 0.15) is 6.61 Å². The number of nitrogens with zero attached hydrogens (tertiary/aromatic N) is 3. The van der Waals surface area contributed by atoms with E-state index in [0.29, 0.717) is 11.1 Å². The molecule has 2 aromatic rings. The molecule has 25 heavy (non-hydrogen) atoms. The van der Waals surface area contributed by atoms with E-state index in [0.717, 1.165) is 0 Å². The van der Waals surface area contributed by atoms with Crippen molar-refractivity contribution in [3.63, 3.8) is 0 Å². The zero-order chi connectivity index (χ0) is 18.6. The number of hydrogen-bond acceptors (Lipinski definition) is 6. The average molecular weight is 357 g/mol. The second-order valence-corrected chi connectivity index (χ2v) is 5.14. The number of halogens is 3. The first-order valence-corrected chi connectivity index (χ1v) is 7.00. The first kappa shape index (κ1) is 18.6. The number of ketones is 1. The summed E-state index contributed by atoms with van der Waals surface area (Å²) in [6.07, 6.45) is -4.71. The Morgan fingerprint density at radius 1 is 1.24 bits per heavy atom. The van der Waals surface area contributed by atoms with Gasteiger partial charge in [-0.1, -0.05) is 29.4 Å². The van der Waals surface area contributed by atoms with E-state index in [2.05, 4.69) is 19.4 Å². The topological polar surface area (TPSA) is 85.5 Å². The highest BCUT2D eigenvalue weighted by molar-refractivity contribution is 6.36. The summed E-state index contributed by atoms with van der Waals surface area (Å²) in [5.74, 6) is -2.99. The molecule has 1 heterocycles. The van der Waals surface area contributed by atoms with E-state index in [4.69, 9.17) is 0 Å². The summed E-state index contributed by atoms with van der Waals surface area (Å²) in [4.78, 5) is 27.7. The van der Waals surface area contributed by atoms with Gasteiger partial charge in [-0.25, -0.2) is 0 Å². The monoisotopic (exact) mass is 357 g/mol. The third-order valence-corrected chi connectivity index (χ3v) is 3.16. The Bertz CT molecular complexity index is 756. The summed E-state index contributed by atoms with van der Waals surface area (Å²) in [6.45, 7) is -0.157. The van der Waals surface area contributed by atoms with E-state index in [1.807, 2.05) is 0 Å². The molecule has 0 aliphatic carbocycles. The first-order valence-electron chi connectivity index (χ1n) is 7.00. The molecular formula is C15H14F3N3O4. The maximum atomic E-state index is 12.5. The number of aromatic nitrogens is 2. The van der Waals surface area contributed by atoms with Crippen LogP contribution in [-0.4, -0.2) is 47.5 Å². The Morgan fingerprint density at radius 3 is 2.40 bits per heavy atom. The summed E-state index contributed by atoms with van der Waals surface area (Å²) < 4.78 is 46.1. The number of rotatable bonds is 6. The van der Waals surface area contributed by atoms with Gasteiger partial charge >= 0.3 is 12.1 Å². The lowest BCUT2D eigenvalue weighted by Gasteiger charge is -2.16. The molecule has 2 rings (SSSR count). The number of Topliss-reactive ketones (excluding diaryl/α,β-unsaturated/α-hetero) is 1. The van der Waals surface area contributed by atoms with E-state index in [1.54, 1.807) is 12.1 Å². The summed E-state index contributed by atoms with van der Waals surface area (Å²) >= 11 is 0. The zero-order valence-electron chi connectivity index (χ0n) is 13.3. The summed E-state index contributed by atoms with van der Waals surface area (Å²) in [7, 11) is 2.77. The Balaban J connectivity index is 2.06. The number of methoxy groups -OCH3 is 1. The zero-order valence-corrected chi connectivity index (χ0v) is 13.3. The highest BCUT2D eigenvalue weighted by Crippen LogP contribution is 2.29. The van der Waals surface area contributed by atoms with Gasteiger partial charge in [0.2, 0.25) is 11.6 Å². The molecule has 0 spiro atoms. The molecule has 7 nitrogen and oxygen atoms in total. The van der Waals surface area contributed by atoms with Crippen LogP contribution in [0.15, 0.2) is 28.8 Å². The fourth-order valence-corrected chi connectivity index (χ4v) is 1.97. The maximum Gasteiger partial charge on any atom is 0.471 e. The van der Waals surface area contributed by atoms with E-state index in [1.165, 1.54) is 31.2 Å². The van der Waals surface area contributed by atoms with Gasteiger partial charge in [-0.3, -0.25) is 9.59 Å². The van der Waals surface area contributed by atoms with Crippen molar-refractivity contribution in [2.45, 2.75) is 12.7 Å². The molecule has 0 aliphatic rings. The molecule has 0 atom stereocenters. The van der Waals surface area contributed by atoms with Crippen LogP contribution in [0.4, 0.5) is 13.2 Å². The minimum atomic E-state index is -4.71. The molecule has 1 aromatic carbocycles. The van der Waals surface area contributed by atoms with Gasteiger partial charge in [0.05, 0.1) is 0 Å².